The summed E-state index contributed by atoms with van der Waals surface area (Å²) in [5, 5.41) is 4.69. The van der Waals surface area contributed by atoms with Crippen LogP contribution in [0.2, 0.25) is 0 Å². The van der Waals surface area contributed by atoms with E-state index >= 15 is 0 Å². The number of fused-ring (bicyclic) bond motifs is 5. The normalized spacial score (nSPS) is 11.3. The first kappa shape index (κ1) is 24.2. The van der Waals surface area contributed by atoms with Gasteiger partial charge in [-0.3, -0.25) is 0 Å². The lowest BCUT2D eigenvalue weighted by Gasteiger charge is -2.26. The maximum atomic E-state index is 6.64. The quantitative estimate of drug-likeness (QED) is 0.217. The molecular weight excluding hydrogens is 510 g/mol. The van der Waals surface area contributed by atoms with Crippen LogP contribution in [-0.4, -0.2) is 0 Å². The zero-order valence-electron chi connectivity index (χ0n) is 22.9. The second-order valence-electron chi connectivity index (χ2n) is 10.6. The van der Waals surface area contributed by atoms with Crippen LogP contribution in [0.4, 0.5) is 17.1 Å². The van der Waals surface area contributed by atoms with E-state index in [1.54, 1.807) is 0 Å². The molecule has 2 nitrogen and oxygen atoms in total. The average molecular weight is 538 g/mol. The molecule has 42 heavy (non-hydrogen) atoms. The molecule has 0 radical (unpaired) electrons. The van der Waals surface area contributed by atoms with E-state index in [0.29, 0.717) is 0 Å². The van der Waals surface area contributed by atoms with Crippen LogP contribution in [-0.2, 0) is 0 Å². The molecule has 0 bridgehead atoms. The minimum Gasteiger partial charge on any atom is -0.454 e. The highest BCUT2D eigenvalue weighted by atomic mass is 16.3. The number of furan rings is 1. The van der Waals surface area contributed by atoms with E-state index < -0.39 is 0 Å². The third kappa shape index (κ3) is 4.13. The molecule has 2 heteroatoms. The number of para-hydroxylation sites is 2. The molecule has 0 aliphatic carbocycles. The largest absolute Gasteiger partial charge is 0.454 e. The molecule has 8 rings (SSSR count). The van der Waals surface area contributed by atoms with Crippen LogP contribution in [0.1, 0.15) is 0 Å². The summed E-state index contributed by atoms with van der Waals surface area (Å²) >= 11 is 0. The van der Waals surface area contributed by atoms with Crippen molar-refractivity contribution in [3.8, 4) is 22.3 Å². The Labute approximate surface area is 244 Å². The Hall–Kier alpha value is -5.60. The Morgan fingerprint density at radius 3 is 1.81 bits per heavy atom. The number of benzene rings is 7. The Kier molecular flexibility index (Phi) is 5.82. The summed E-state index contributed by atoms with van der Waals surface area (Å²) in [6, 6.07) is 57.8. The van der Waals surface area contributed by atoms with E-state index in [1.165, 1.54) is 27.5 Å². The molecule has 0 saturated heterocycles. The Morgan fingerprint density at radius 1 is 0.405 bits per heavy atom. The first-order chi connectivity index (χ1) is 20.8. The van der Waals surface area contributed by atoms with Gasteiger partial charge in [0, 0.05) is 22.1 Å². The predicted molar refractivity (Wildman–Crippen MR) is 177 cm³/mol. The molecule has 0 aliphatic rings. The maximum Gasteiger partial charge on any atom is 0.159 e. The highest BCUT2D eigenvalue weighted by Crippen LogP contribution is 2.44. The second kappa shape index (κ2) is 10.1. The summed E-state index contributed by atoms with van der Waals surface area (Å²) in [4.78, 5) is 2.30. The molecule has 0 fully saturated rings. The van der Waals surface area contributed by atoms with E-state index in [9.17, 15) is 0 Å². The van der Waals surface area contributed by atoms with Gasteiger partial charge < -0.3 is 9.32 Å². The van der Waals surface area contributed by atoms with Gasteiger partial charge in [0.2, 0.25) is 0 Å². The number of rotatable bonds is 5. The first-order valence-corrected chi connectivity index (χ1v) is 14.3. The van der Waals surface area contributed by atoms with E-state index in [0.717, 1.165) is 44.6 Å². The van der Waals surface area contributed by atoms with Crippen molar-refractivity contribution in [3.63, 3.8) is 0 Å². The third-order valence-corrected chi connectivity index (χ3v) is 8.05. The molecule has 0 amide bonds. The van der Waals surface area contributed by atoms with Crippen molar-refractivity contribution in [2.24, 2.45) is 0 Å². The second-order valence-corrected chi connectivity index (χ2v) is 10.6. The maximum absolute atomic E-state index is 6.64. The minimum atomic E-state index is 0.880. The van der Waals surface area contributed by atoms with Crippen LogP contribution in [0.5, 0.6) is 0 Å². The monoisotopic (exact) mass is 537 g/mol. The smallest absolute Gasteiger partial charge is 0.159 e. The topological polar surface area (TPSA) is 16.4 Å². The summed E-state index contributed by atoms with van der Waals surface area (Å²) in [5.41, 5.74) is 9.71. The zero-order valence-corrected chi connectivity index (χ0v) is 22.9. The highest BCUT2D eigenvalue weighted by molar-refractivity contribution is 6.20. The summed E-state index contributed by atoms with van der Waals surface area (Å²) in [7, 11) is 0. The van der Waals surface area contributed by atoms with Gasteiger partial charge in [-0.2, -0.15) is 0 Å². The fraction of sp³-hybridized carbons (Fsp3) is 0. The molecule has 1 heterocycles. The van der Waals surface area contributed by atoms with Crippen LogP contribution in [0.15, 0.2) is 168 Å². The van der Waals surface area contributed by atoms with Crippen molar-refractivity contribution in [2.75, 3.05) is 4.90 Å². The fourth-order valence-corrected chi connectivity index (χ4v) is 6.04. The van der Waals surface area contributed by atoms with Crippen molar-refractivity contribution < 1.29 is 4.42 Å². The van der Waals surface area contributed by atoms with E-state index in [1.807, 2.05) is 0 Å². The molecule has 1 aromatic heterocycles. The van der Waals surface area contributed by atoms with Crippen molar-refractivity contribution in [1.29, 1.82) is 0 Å². The van der Waals surface area contributed by atoms with Gasteiger partial charge in [-0.05, 0) is 69.4 Å². The molecule has 0 aliphatic heterocycles. The van der Waals surface area contributed by atoms with Gasteiger partial charge in [-0.25, -0.2) is 0 Å². The molecule has 8 aromatic rings. The van der Waals surface area contributed by atoms with Crippen LogP contribution in [0, 0.1) is 0 Å². The lowest BCUT2D eigenvalue weighted by Crippen LogP contribution is -2.10. The third-order valence-electron chi connectivity index (χ3n) is 8.05. The minimum absolute atomic E-state index is 0.880. The highest BCUT2D eigenvalue weighted by Gasteiger charge is 2.20. The zero-order chi connectivity index (χ0) is 27.9. The predicted octanol–water partition coefficient (Wildman–Crippen LogP) is 11.5. The van der Waals surface area contributed by atoms with Crippen molar-refractivity contribution >= 4 is 49.8 Å². The molecule has 0 saturated carbocycles. The van der Waals surface area contributed by atoms with Crippen molar-refractivity contribution in [3.05, 3.63) is 164 Å². The molecule has 7 aromatic carbocycles. The van der Waals surface area contributed by atoms with Gasteiger partial charge in [0.05, 0.1) is 5.69 Å². The average Bonchev–Trinajstić information content (AvgIpc) is 3.46. The summed E-state index contributed by atoms with van der Waals surface area (Å²) < 4.78 is 6.64. The van der Waals surface area contributed by atoms with Crippen LogP contribution < -0.4 is 4.90 Å². The Bertz CT molecular complexity index is 2180. The van der Waals surface area contributed by atoms with Gasteiger partial charge in [0.15, 0.2) is 5.58 Å². The van der Waals surface area contributed by atoms with Crippen molar-refractivity contribution in [1.82, 2.24) is 0 Å². The molecule has 0 atom stereocenters. The molecule has 0 spiro atoms. The molecule has 0 unspecified atom stereocenters. The molecular formula is C40H27NO. The van der Waals surface area contributed by atoms with Gasteiger partial charge in [-0.1, -0.05) is 127 Å². The number of nitrogens with zero attached hydrogens (tertiary/aromatic N) is 1. The summed E-state index contributed by atoms with van der Waals surface area (Å²) in [6.45, 7) is 0. The van der Waals surface area contributed by atoms with Crippen LogP contribution in [0.25, 0.3) is 55.0 Å². The fourth-order valence-electron chi connectivity index (χ4n) is 6.04. The van der Waals surface area contributed by atoms with E-state index in [2.05, 4.69) is 169 Å². The number of anilines is 3. The van der Waals surface area contributed by atoms with Gasteiger partial charge in [0.25, 0.3) is 0 Å². The Balaban J connectivity index is 1.28. The summed E-state index contributed by atoms with van der Waals surface area (Å²) in [5.74, 6) is 0. The van der Waals surface area contributed by atoms with Crippen LogP contribution >= 0.6 is 0 Å². The summed E-state index contributed by atoms with van der Waals surface area (Å²) in [6.07, 6.45) is 0. The lowest BCUT2D eigenvalue weighted by molar-refractivity contribution is 0.669. The first-order valence-electron chi connectivity index (χ1n) is 14.3. The number of hydrogen-bond donors (Lipinski definition) is 0. The van der Waals surface area contributed by atoms with Crippen molar-refractivity contribution in [2.45, 2.75) is 0 Å². The Morgan fingerprint density at radius 2 is 1.00 bits per heavy atom. The molecule has 0 N–H and O–H groups in total. The van der Waals surface area contributed by atoms with E-state index in [4.69, 9.17) is 4.42 Å². The SMILES string of the molecule is c1ccc(-c2ccc(-c3cccc(N(c4ccccc4)c4cccc5c4oc4ccc6ccccc6c45)c3)cc2)cc1. The lowest BCUT2D eigenvalue weighted by atomic mass is 9.99. The number of hydrogen-bond acceptors (Lipinski definition) is 2. The van der Waals surface area contributed by atoms with Crippen LogP contribution in [0.3, 0.4) is 0 Å². The van der Waals surface area contributed by atoms with Gasteiger partial charge >= 0.3 is 0 Å². The standard InChI is InChI=1S/C40H27NO/c1-3-11-28(12-4-1)29-21-23-30(24-22-29)32-14-9-17-34(27-32)41(33-15-5-2-6-16-33)37-20-10-19-36-39-35-18-8-7-13-31(35)25-26-38(39)42-40(36)37/h1-27H. The van der Waals surface area contributed by atoms with E-state index in [-0.39, 0.29) is 0 Å². The van der Waals surface area contributed by atoms with Gasteiger partial charge in [-0.15, -0.1) is 0 Å². The molecule has 198 valence electrons. The van der Waals surface area contributed by atoms with Gasteiger partial charge in [0.1, 0.15) is 5.58 Å².